The highest BCUT2D eigenvalue weighted by Crippen LogP contribution is 2.23. The first-order valence-electron chi connectivity index (χ1n) is 7.44. The molecule has 0 aliphatic rings. The first-order chi connectivity index (χ1) is 10.7. The Labute approximate surface area is 129 Å². The molecule has 1 atom stereocenters. The third kappa shape index (κ3) is 2.72. The molecule has 1 unspecified atom stereocenters. The summed E-state index contributed by atoms with van der Waals surface area (Å²) in [4.78, 5) is 12.7. The highest BCUT2D eigenvalue weighted by molar-refractivity contribution is 6.05. The van der Waals surface area contributed by atoms with Crippen LogP contribution in [0.1, 0.15) is 35.8 Å². The summed E-state index contributed by atoms with van der Waals surface area (Å²) in [5.74, 6) is 0.213. The SMILES string of the molecule is CC(C)C(NC(=O)c1cccc2cn[nH]c12)c1ccccc1. The maximum atomic E-state index is 12.7. The number of nitrogens with zero attached hydrogens (tertiary/aromatic N) is 1. The van der Waals surface area contributed by atoms with Crippen LogP contribution in [0, 0.1) is 5.92 Å². The van der Waals surface area contributed by atoms with Gasteiger partial charge < -0.3 is 5.32 Å². The van der Waals surface area contributed by atoms with Gasteiger partial charge in [0.1, 0.15) is 0 Å². The van der Waals surface area contributed by atoms with Gasteiger partial charge >= 0.3 is 0 Å². The van der Waals surface area contributed by atoms with Gasteiger partial charge in [0.2, 0.25) is 0 Å². The average molecular weight is 293 g/mol. The third-order valence-electron chi connectivity index (χ3n) is 3.83. The van der Waals surface area contributed by atoms with Crippen LogP contribution in [0.15, 0.2) is 54.7 Å². The lowest BCUT2D eigenvalue weighted by molar-refractivity contribution is 0.0927. The van der Waals surface area contributed by atoms with E-state index in [1.54, 1.807) is 6.20 Å². The summed E-state index contributed by atoms with van der Waals surface area (Å²) in [5, 5.41) is 11.0. The lowest BCUT2D eigenvalue weighted by Crippen LogP contribution is -2.31. The van der Waals surface area contributed by atoms with Crippen LogP contribution in [0.3, 0.4) is 0 Å². The predicted octanol–water partition coefficient (Wildman–Crippen LogP) is 3.69. The number of amides is 1. The minimum atomic E-state index is -0.0857. The number of aromatic nitrogens is 2. The molecule has 1 aromatic heterocycles. The van der Waals surface area contributed by atoms with Gasteiger partial charge in [-0.1, -0.05) is 56.3 Å². The van der Waals surface area contributed by atoms with Gasteiger partial charge in [0.05, 0.1) is 23.3 Å². The molecule has 1 amide bonds. The quantitative estimate of drug-likeness (QED) is 0.770. The molecule has 0 fully saturated rings. The minimum Gasteiger partial charge on any atom is -0.345 e. The zero-order chi connectivity index (χ0) is 15.5. The second-order valence-corrected chi connectivity index (χ2v) is 5.75. The van der Waals surface area contributed by atoms with Crippen molar-refractivity contribution in [3.8, 4) is 0 Å². The molecule has 4 nitrogen and oxygen atoms in total. The molecular formula is C18H19N3O. The van der Waals surface area contributed by atoms with Crippen molar-refractivity contribution in [1.82, 2.24) is 15.5 Å². The molecule has 2 N–H and O–H groups in total. The van der Waals surface area contributed by atoms with Gasteiger partial charge in [-0.05, 0) is 17.5 Å². The molecule has 0 saturated heterocycles. The van der Waals surface area contributed by atoms with Crippen LogP contribution < -0.4 is 5.32 Å². The van der Waals surface area contributed by atoms with Gasteiger partial charge in [-0.25, -0.2) is 0 Å². The van der Waals surface area contributed by atoms with Crippen molar-refractivity contribution in [3.63, 3.8) is 0 Å². The van der Waals surface area contributed by atoms with E-state index in [0.29, 0.717) is 11.5 Å². The molecular weight excluding hydrogens is 274 g/mol. The second kappa shape index (κ2) is 6.02. The summed E-state index contributed by atoms with van der Waals surface area (Å²) in [6, 6.07) is 15.7. The largest absolute Gasteiger partial charge is 0.345 e. The van der Waals surface area contributed by atoms with E-state index in [4.69, 9.17) is 0 Å². The summed E-state index contributed by atoms with van der Waals surface area (Å²) in [6.07, 6.45) is 1.73. The monoisotopic (exact) mass is 293 g/mol. The number of carbonyl (C=O) groups is 1. The van der Waals surface area contributed by atoms with Crippen molar-refractivity contribution in [2.24, 2.45) is 5.92 Å². The zero-order valence-corrected chi connectivity index (χ0v) is 12.7. The zero-order valence-electron chi connectivity index (χ0n) is 12.7. The van der Waals surface area contributed by atoms with Crippen LogP contribution in [0.2, 0.25) is 0 Å². The van der Waals surface area contributed by atoms with Crippen molar-refractivity contribution < 1.29 is 4.79 Å². The third-order valence-corrected chi connectivity index (χ3v) is 3.83. The molecule has 3 aromatic rings. The molecule has 4 heteroatoms. The normalized spacial score (nSPS) is 12.5. The molecule has 1 heterocycles. The molecule has 0 aliphatic carbocycles. The first-order valence-corrected chi connectivity index (χ1v) is 7.44. The number of nitrogens with one attached hydrogen (secondary N) is 2. The lowest BCUT2D eigenvalue weighted by Gasteiger charge is -2.23. The highest BCUT2D eigenvalue weighted by atomic mass is 16.1. The number of para-hydroxylation sites is 1. The summed E-state index contributed by atoms with van der Waals surface area (Å²) in [7, 11) is 0. The molecule has 0 bridgehead atoms. The second-order valence-electron chi connectivity index (χ2n) is 5.75. The van der Waals surface area contributed by atoms with E-state index in [1.807, 2.05) is 48.5 Å². The Kier molecular flexibility index (Phi) is 3.92. The van der Waals surface area contributed by atoms with E-state index in [9.17, 15) is 4.79 Å². The van der Waals surface area contributed by atoms with Gasteiger partial charge in [-0.15, -0.1) is 0 Å². The maximum absolute atomic E-state index is 12.7. The molecule has 112 valence electrons. The van der Waals surface area contributed by atoms with Crippen molar-refractivity contribution in [1.29, 1.82) is 0 Å². The summed E-state index contributed by atoms with van der Waals surface area (Å²) < 4.78 is 0. The fourth-order valence-corrected chi connectivity index (χ4v) is 2.67. The summed E-state index contributed by atoms with van der Waals surface area (Å²) in [5.41, 5.74) is 2.51. The van der Waals surface area contributed by atoms with Gasteiger partial charge in [-0.3, -0.25) is 9.89 Å². The summed E-state index contributed by atoms with van der Waals surface area (Å²) in [6.45, 7) is 4.21. The van der Waals surface area contributed by atoms with Gasteiger partial charge in [0, 0.05) is 5.39 Å². The van der Waals surface area contributed by atoms with E-state index >= 15 is 0 Å². The lowest BCUT2D eigenvalue weighted by atomic mass is 9.95. The highest BCUT2D eigenvalue weighted by Gasteiger charge is 2.20. The van der Waals surface area contributed by atoms with Crippen molar-refractivity contribution >= 4 is 16.8 Å². The number of aromatic amines is 1. The van der Waals surface area contributed by atoms with Gasteiger partial charge in [0.25, 0.3) is 5.91 Å². The van der Waals surface area contributed by atoms with Gasteiger partial charge in [0.15, 0.2) is 0 Å². The van der Waals surface area contributed by atoms with Crippen molar-refractivity contribution in [2.75, 3.05) is 0 Å². The Balaban J connectivity index is 1.90. The number of hydrogen-bond acceptors (Lipinski definition) is 2. The Morgan fingerprint density at radius 1 is 1.09 bits per heavy atom. The number of benzene rings is 2. The Hall–Kier alpha value is -2.62. The number of rotatable bonds is 4. The Morgan fingerprint density at radius 3 is 2.59 bits per heavy atom. The van der Waals surface area contributed by atoms with E-state index < -0.39 is 0 Å². The Bertz CT molecular complexity index is 777. The van der Waals surface area contributed by atoms with Crippen LogP contribution in [0.25, 0.3) is 10.9 Å². The van der Waals surface area contributed by atoms with Crippen LogP contribution in [-0.4, -0.2) is 16.1 Å². The molecule has 0 radical (unpaired) electrons. The van der Waals surface area contributed by atoms with E-state index in [-0.39, 0.29) is 11.9 Å². The smallest absolute Gasteiger partial charge is 0.253 e. The molecule has 0 aliphatic heterocycles. The predicted molar refractivity (Wildman–Crippen MR) is 87.6 cm³/mol. The summed E-state index contributed by atoms with van der Waals surface area (Å²) >= 11 is 0. The van der Waals surface area contributed by atoms with Crippen LogP contribution in [0.4, 0.5) is 0 Å². The molecule has 0 spiro atoms. The molecule has 22 heavy (non-hydrogen) atoms. The molecule has 0 saturated carbocycles. The molecule has 3 rings (SSSR count). The number of hydrogen-bond donors (Lipinski definition) is 2. The number of H-pyrrole nitrogens is 1. The van der Waals surface area contributed by atoms with E-state index in [2.05, 4.69) is 29.4 Å². The van der Waals surface area contributed by atoms with Gasteiger partial charge in [-0.2, -0.15) is 5.10 Å². The van der Waals surface area contributed by atoms with Crippen LogP contribution >= 0.6 is 0 Å². The maximum Gasteiger partial charge on any atom is 0.253 e. The topological polar surface area (TPSA) is 57.8 Å². The van der Waals surface area contributed by atoms with Crippen LogP contribution in [0.5, 0.6) is 0 Å². The minimum absolute atomic E-state index is 0.0214. The van der Waals surface area contributed by atoms with Crippen molar-refractivity contribution in [3.05, 3.63) is 65.9 Å². The first kappa shape index (κ1) is 14.3. The number of carbonyl (C=O) groups excluding carboxylic acids is 1. The Morgan fingerprint density at radius 2 is 1.86 bits per heavy atom. The fraction of sp³-hybridized carbons (Fsp3) is 0.222. The average Bonchev–Trinajstić information content (AvgIpc) is 3.01. The number of fused-ring (bicyclic) bond motifs is 1. The fourth-order valence-electron chi connectivity index (χ4n) is 2.67. The standard InChI is InChI=1S/C18H19N3O/c1-12(2)16(13-7-4-3-5-8-13)20-18(22)15-10-6-9-14-11-19-21-17(14)15/h3-12,16H,1-2H3,(H,19,21)(H,20,22). The molecule has 2 aromatic carbocycles. The van der Waals surface area contributed by atoms with Crippen molar-refractivity contribution in [2.45, 2.75) is 19.9 Å². The van der Waals surface area contributed by atoms with E-state index in [0.717, 1.165) is 16.5 Å². The van der Waals surface area contributed by atoms with Crippen LogP contribution in [-0.2, 0) is 0 Å². The van der Waals surface area contributed by atoms with E-state index in [1.165, 1.54) is 0 Å².